The Bertz CT molecular complexity index is 1010. The Morgan fingerprint density at radius 1 is 1.18 bits per heavy atom. The number of esters is 1. The number of hydrogen-bond donors (Lipinski definition) is 0. The van der Waals surface area contributed by atoms with Gasteiger partial charge in [-0.3, -0.25) is 9.36 Å². The molecular weight excluding hydrogens is 415 g/mol. The largest absolute Gasteiger partial charge is 0.468 e. The third-order valence-corrected chi connectivity index (χ3v) is 4.96. The van der Waals surface area contributed by atoms with Crippen molar-refractivity contribution in [1.29, 1.82) is 0 Å². The maximum Gasteiger partial charge on any atom is 0.416 e. The van der Waals surface area contributed by atoms with Gasteiger partial charge in [-0.15, -0.1) is 10.2 Å². The average molecular weight is 428 g/mol. The lowest BCUT2D eigenvalue weighted by Gasteiger charge is -2.13. The Labute approximate surface area is 167 Å². The molecule has 0 spiro atoms. The van der Waals surface area contributed by atoms with Crippen LogP contribution in [0, 0.1) is 0 Å². The van der Waals surface area contributed by atoms with E-state index in [1.54, 1.807) is 24.3 Å². The van der Waals surface area contributed by atoms with E-state index in [9.17, 15) is 18.0 Å². The topological polar surface area (TPSA) is 57.0 Å². The fourth-order valence-corrected chi connectivity index (χ4v) is 3.42. The van der Waals surface area contributed by atoms with E-state index in [4.69, 9.17) is 11.6 Å². The van der Waals surface area contributed by atoms with Gasteiger partial charge in [0.2, 0.25) is 0 Å². The molecule has 10 heteroatoms. The molecule has 3 rings (SSSR count). The van der Waals surface area contributed by atoms with E-state index in [0.29, 0.717) is 10.6 Å². The Morgan fingerprint density at radius 2 is 1.93 bits per heavy atom. The molecular formula is C18H13ClF3N3O2S. The van der Waals surface area contributed by atoms with Crippen LogP contribution in [0.25, 0.3) is 17.1 Å². The van der Waals surface area contributed by atoms with E-state index in [0.717, 1.165) is 23.9 Å². The van der Waals surface area contributed by atoms with Crippen molar-refractivity contribution < 1.29 is 22.7 Å². The van der Waals surface area contributed by atoms with Gasteiger partial charge in [-0.25, -0.2) is 0 Å². The summed E-state index contributed by atoms with van der Waals surface area (Å²) in [4.78, 5) is 11.5. The van der Waals surface area contributed by atoms with Gasteiger partial charge in [0.05, 0.1) is 29.1 Å². The molecule has 1 aromatic heterocycles. The first-order valence-electron chi connectivity index (χ1n) is 7.89. The van der Waals surface area contributed by atoms with Crippen LogP contribution in [0.3, 0.4) is 0 Å². The van der Waals surface area contributed by atoms with E-state index < -0.39 is 17.7 Å². The Kier molecular flexibility index (Phi) is 5.95. The average Bonchev–Trinajstić information content (AvgIpc) is 3.09. The lowest BCUT2D eigenvalue weighted by molar-refractivity contribution is -0.138. The van der Waals surface area contributed by atoms with E-state index >= 15 is 0 Å². The zero-order chi connectivity index (χ0) is 20.3. The van der Waals surface area contributed by atoms with Crippen LogP contribution in [0.1, 0.15) is 5.56 Å². The van der Waals surface area contributed by atoms with Crippen LogP contribution in [-0.2, 0) is 15.7 Å². The molecule has 0 amide bonds. The van der Waals surface area contributed by atoms with Gasteiger partial charge in [0, 0.05) is 5.56 Å². The van der Waals surface area contributed by atoms with Crippen molar-refractivity contribution in [2.75, 3.05) is 12.9 Å². The molecule has 0 atom stereocenters. The Balaban J connectivity index is 2.15. The number of hydrogen-bond acceptors (Lipinski definition) is 5. The Morgan fingerprint density at radius 3 is 2.61 bits per heavy atom. The monoisotopic (exact) mass is 427 g/mol. The molecule has 5 nitrogen and oxygen atoms in total. The van der Waals surface area contributed by atoms with Crippen LogP contribution in [0.15, 0.2) is 53.7 Å². The highest BCUT2D eigenvalue weighted by Gasteiger charge is 2.31. The molecule has 0 saturated heterocycles. The molecule has 0 aliphatic rings. The highest BCUT2D eigenvalue weighted by atomic mass is 35.5. The number of alkyl halides is 3. The summed E-state index contributed by atoms with van der Waals surface area (Å²) in [5.74, 6) is -0.309. The SMILES string of the molecule is COC(=O)CSc1nnc(-c2ccccc2Cl)n1-c1cccc(C(F)(F)F)c1. The van der Waals surface area contributed by atoms with Crippen LogP contribution in [0.5, 0.6) is 0 Å². The minimum Gasteiger partial charge on any atom is -0.468 e. The van der Waals surface area contributed by atoms with Crippen molar-refractivity contribution in [1.82, 2.24) is 14.8 Å². The normalized spacial score (nSPS) is 11.5. The highest BCUT2D eigenvalue weighted by molar-refractivity contribution is 7.99. The van der Waals surface area contributed by atoms with Gasteiger partial charge in [0.1, 0.15) is 0 Å². The lowest BCUT2D eigenvalue weighted by Crippen LogP contribution is -2.08. The second-order valence-electron chi connectivity index (χ2n) is 5.53. The van der Waals surface area contributed by atoms with E-state index in [2.05, 4.69) is 14.9 Å². The summed E-state index contributed by atoms with van der Waals surface area (Å²) in [6.07, 6.45) is -4.51. The number of rotatable bonds is 5. The van der Waals surface area contributed by atoms with Crippen LogP contribution >= 0.6 is 23.4 Å². The summed E-state index contributed by atoms with van der Waals surface area (Å²) in [5.41, 5.74) is -0.117. The molecule has 0 unspecified atom stereocenters. The summed E-state index contributed by atoms with van der Waals surface area (Å²) in [7, 11) is 1.25. The summed E-state index contributed by atoms with van der Waals surface area (Å²) >= 11 is 7.24. The summed E-state index contributed by atoms with van der Waals surface area (Å²) in [6, 6.07) is 11.5. The minimum atomic E-state index is -4.51. The van der Waals surface area contributed by atoms with Gasteiger partial charge in [-0.2, -0.15) is 13.2 Å². The number of thioether (sulfide) groups is 1. The number of nitrogens with zero attached hydrogens (tertiary/aromatic N) is 3. The predicted molar refractivity (Wildman–Crippen MR) is 99.5 cm³/mol. The third kappa shape index (κ3) is 4.31. The maximum absolute atomic E-state index is 13.2. The van der Waals surface area contributed by atoms with Crippen LogP contribution < -0.4 is 0 Å². The first-order valence-corrected chi connectivity index (χ1v) is 9.25. The first kappa shape index (κ1) is 20.2. The van der Waals surface area contributed by atoms with Crippen molar-refractivity contribution in [3.63, 3.8) is 0 Å². The number of ether oxygens (including phenoxy) is 1. The zero-order valence-electron chi connectivity index (χ0n) is 14.4. The van der Waals surface area contributed by atoms with Crippen molar-refractivity contribution in [2.24, 2.45) is 0 Å². The standard InChI is InChI=1S/C18H13ClF3N3O2S/c1-27-15(26)10-28-17-24-23-16(13-7-2-3-8-14(13)19)25(17)12-6-4-5-11(9-12)18(20,21)22/h2-9H,10H2,1H3. The van der Waals surface area contributed by atoms with Crippen molar-refractivity contribution >= 4 is 29.3 Å². The number of carbonyl (C=O) groups excluding carboxylic acids is 1. The second kappa shape index (κ2) is 8.24. The van der Waals surface area contributed by atoms with Crippen LogP contribution in [0.2, 0.25) is 5.02 Å². The maximum atomic E-state index is 13.2. The molecule has 0 aliphatic heterocycles. The number of benzene rings is 2. The van der Waals surface area contributed by atoms with Gasteiger partial charge in [-0.1, -0.05) is 41.6 Å². The number of halogens is 4. The van der Waals surface area contributed by atoms with Crippen molar-refractivity contribution in [3.8, 4) is 17.1 Å². The second-order valence-corrected chi connectivity index (χ2v) is 6.88. The predicted octanol–water partition coefficient (Wildman–Crippen LogP) is 4.87. The first-order chi connectivity index (χ1) is 13.3. The third-order valence-electron chi connectivity index (χ3n) is 3.73. The molecule has 0 saturated carbocycles. The molecule has 0 bridgehead atoms. The zero-order valence-corrected chi connectivity index (χ0v) is 16.0. The molecule has 146 valence electrons. The van der Waals surface area contributed by atoms with E-state index in [1.807, 2.05) is 0 Å². The summed E-state index contributed by atoms with van der Waals surface area (Å²) < 4.78 is 45.5. The lowest BCUT2D eigenvalue weighted by atomic mass is 10.1. The molecule has 28 heavy (non-hydrogen) atoms. The quantitative estimate of drug-likeness (QED) is 0.429. The summed E-state index contributed by atoms with van der Waals surface area (Å²) in [6.45, 7) is 0. The number of carbonyl (C=O) groups is 1. The fraction of sp³-hybridized carbons (Fsp3) is 0.167. The highest BCUT2D eigenvalue weighted by Crippen LogP contribution is 2.35. The molecule has 0 fully saturated rings. The minimum absolute atomic E-state index is 0.0733. The Hall–Kier alpha value is -2.52. The van der Waals surface area contributed by atoms with Gasteiger partial charge < -0.3 is 4.74 Å². The smallest absolute Gasteiger partial charge is 0.416 e. The summed E-state index contributed by atoms with van der Waals surface area (Å²) in [5, 5.41) is 8.73. The number of methoxy groups -OCH3 is 1. The van der Waals surface area contributed by atoms with Crippen molar-refractivity contribution in [3.05, 3.63) is 59.1 Å². The molecule has 3 aromatic rings. The number of aromatic nitrogens is 3. The van der Waals surface area contributed by atoms with Crippen molar-refractivity contribution in [2.45, 2.75) is 11.3 Å². The molecule has 2 aromatic carbocycles. The molecule has 0 radical (unpaired) electrons. The molecule has 0 N–H and O–H groups in total. The fourth-order valence-electron chi connectivity index (χ4n) is 2.42. The molecule has 1 heterocycles. The van der Waals surface area contributed by atoms with E-state index in [-0.39, 0.29) is 22.4 Å². The van der Waals surface area contributed by atoms with Gasteiger partial charge >= 0.3 is 12.1 Å². The van der Waals surface area contributed by atoms with Gasteiger partial charge in [-0.05, 0) is 30.3 Å². The van der Waals surface area contributed by atoms with Gasteiger partial charge in [0.15, 0.2) is 11.0 Å². The van der Waals surface area contributed by atoms with Crippen LogP contribution in [-0.4, -0.2) is 33.6 Å². The van der Waals surface area contributed by atoms with Gasteiger partial charge in [0.25, 0.3) is 0 Å². The van der Waals surface area contributed by atoms with E-state index in [1.165, 1.54) is 23.8 Å². The van der Waals surface area contributed by atoms with Crippen LogP contribution in [0.4, 0.5) is 13.2 Å². The molecule has 0 aliphatic carbocycles.